The Balaban J connectivity index is 1.54. The van der Waals surface area contributed by atoms with Crippen LogP contribution < -0.4 is 10.2 Å². The number of piperazine rings is 1. The van der Waals surface area contributed by atoms with Gasteiger partial charge in [0.05, 0.1) is 16.1 Å². The van der Waals surface area contributed by atoms with Crippen LogP contribution in [0.3, 0.4) is 0 Å². The predicted octanol–water partition coefficient (Wildman–Crippen LogP) is 3.94. The van der Waals surface area contributed by atoms with E-state index in [0.29, 0.717) is 39.1 Å². The summed E-state index contributed by atoms with van der Waals surface area (Å²) in [6.45, 7) is 3.26. The number of hydrogen-bond acceptors (Lipinski definition) is 8. The number of fused-ring (bicyclic) bond motifs is 2. The Morgan fingerprint density at radius 1 is 1.10 bits per heavy atom. The van der Waals surface area contributed by atoms with Crippen molar-refractivity contribution in [1.29, 1.82) is 0 Å². The fourth-order valence-corrected chi connectivity index (χ4v) is 6.12. The van der Waals surface area contributed by atoms with Gasteiger partial charge in [-0.3, -0.25) is 4.90 Å². The molecule has 0 amide bonds. The van der Waals surface area contributed by atoms with Gasteiger partial charge in [0.25, 0.3) is 0 Å². The minimum absolute atomic E-state index is 0.0427. The maximum absolute atomic E-state index is 16.1. The van der Waals surface area contributed by atoms with E-state index < -0.39 is 51.3 Å². The fraction of sp³-hybridized carbons (Fsp3) is 0.462. The molecule has 6 rings (SSSR count). The van der Waals surface area contributed by atoms with Crippen LogP contribution in [0.1, 0.15) is 30.7 Å². The van der Waals surface area contributed by atoms with Crippen LogP contribution in [0.25, 0.3) is 22.3 Å². The van der Waals surface area contributed by atoms with Gasteiger partial charge in [-0.2, -0.15) is 13.2 Å². The molecule has 210 valence electrons. The minimum atomic E-state index is -4.97. The van der Waals surface area contributed by atoms with Crippen LogP contribution in [-0.4, -0.2) is 81.2 Å². The Morgan fingerprint density at radius 2 is 1.88 bits per heavy atom. The van der Waals surface area contributed by atoms with E-state index in [1.54, 1.807) is 0 Å². The van der Waals surface area contributed by atoms with Crippen LogP contribution >= 0.6 is 11.6 Å². The fourth-order valence-electron chi connectivity index (χ4n) is 5.80. The van der Waals surface area contributed by atoms with Gasteiger partial charge in [-0.25, -0.2) is 18.7 Å². The van der Waals surface area contributed by atoms with E-state index in [9.17, 15) is 22.7 Å². The molecular weight excluding hydrogens is 557 g/mol. The maximum atomic E-state index is 16.1. The van der Waals surface area contributed by atoms with Crippen LogP contribution in [0.2, 0.25) is 5.02 Å². The summed E-state index contributed by atoms with van der Waals surface area (Å²) < 4.78 is 72.0. The molecule has 2 aromatic heterocycles. The first-order chi connectivity index (χ1) is 19.1. The van der Waals surface area contributed by atoms with Gasteiger partial charge < -0.3 is 15.3 Å². The summed E-state index contributed by atoms with van der Waals surface area (Å²) in [5, 5.41) is 20.2. The van der Waals surface area contributed by atoms with Crippen LogP contribution in [0.4, 0.5) is 27.8 Å². The number of nitrogens with zero attached hydrogens (tertiary/aromatic N) is 6. The Morgan fingerprint density at radius 3 is 2.62 bits per heavy atom. The summed E-state index contributed by atoms with van der Waals surface area (Å²) in [6, 6.07) is 1.45. The van der Waals surface area contributed by atoms with E-state index in [4.69, 9.17) is 11.6 Å². The van der Waals surface area contributed by atoms with Gasteiger partial charge in [-0.15, -0.1) is 10.2 Å². The lowest BCUT2D eigenvalue weighted by Crippen LogP contribution is -2.44. The van der Waals surface area contributed by atoms with Crippen molar-refractivity contribution in [3.05, 3.63) is 34.4 Å². The van der Waals surface area contributed by atoms with Crippen molar-refractivity contribution >= 4 is 28.5 Å². The van der Waals surface area contributed by atoms with Crippen molar-refractivity contribution < 1.29 is 27.1 Å². The van der Waals surface area contributed by atoms with Crippen LogP contribution in [0.15, 0.2) is 12.1 Å². The predicted molar refractivity (Wildman–Crippen MR) is 137 cm³/mol. The first-order valence-electron chi connectivity index (χ1n) is 12.8. The molecule has 0 spiro atoms. The molecule has 5 heterocycles. The number of aromatic hydroxyl groups is 1. The molecule has 14 heteroatoms. The molecular formula is C26H23ClF5N7O. The summed E-state index contributed by atoms with van der Waals surface area (Å²) >= 11 is 5.81. The molecule has 2 atom stereocenters. The average molecular weight is 580 g/mol. The number of hydrogen-bond donors (Lipinski definition) is 2. The lowest BCUT2D eigenvalue weighted by molar-refractivity contribution is -0.137. The summed E-state index contributed by atoms with van der Waals surface area (Å²) in [5.41, 5.74) is -4.00. The van der Waals surface area contributed by atoms with Gasteiger partial charge in [0, 0.05) is 44.7 Å². The molecule has 40 heavy (non-hydrogen) atoms. The van der Waals surface area contributed by atoms with E-state index in [2.05, 4.69) is 37.3 Å². The number of rotatable bonds is 2. The Hall–Kier alpha value is -3.34. The Labute approximate surface area is 230 Å². The average Bonchev–Trinajstić information content (AvgIpc) is 3.42. The van der Waals surface area contributed by atoms with Gasteiger partial charge in [-0.05, 0) is 37.4 Å². The number of anilines is 1. The molecule has 8 nitrogen and oxygen atoms in total. The number of halogens is 6. The lowest BCUT2D eigenvalue weighted by atomic mass is 9.94. The number of aromatic nitrogens is 4. The summed E-state index contributed by atoms with van der Waals surface area (Å²) in [4.78, 5) is 12.6. The van der Waals surface area contributed by atoms with Crippen LogP contribution in [0, 0.1) is 17.7 Å². The third-order valence-corrected chi connectivity index (χ3v) is 7.87. The molecule has 0 saturated carbocycles. The zero-order chi connectivity index (χ0) is 28.2. The van der Waals surface area contributed by atoms with Gasteiger partial charge in [-0.1, -0.05) is 17.5 Å². The van der Waals surface area contributed by atoms with E-state index in [1.165, 1.54) is 0 Å². The third kappa shape index (κ3) is 4.67. The first kappa shape index (κ1) is 26.9. The lowest BCUT2D eigenvalue weighted by Gasteiger charge is -2.29. The quantitative estimate of drug-likeness (QED) is 0.349. The van der Waals surface area contributed by atoms with E-state index in [0.717, 1.165) is 25.1 Å². The standard InChI is InChI=1S/C26H23ClF5N7O/c27-17-11-15(40)10-16(19(17)26(30,31)32)21-20(29)22-23(37-36-21)24(38-8-5-33-6-9-38)35-18(34-22)2-4-25-3-1-7-39(25)13-14(28)12-25/h10-11,14,33,40H,1,3,5-9,12-13H2/t14-,25-/m1/s1. The van der Waals surface area contributed by atoms with Gasteiger partial charge >= 0.3 is 6.18 Å². The number of benzene rings is 1. The van der Waals surface area contributed by atoms with Crippen LogP contribution in [-0.2, 0) is 6.18 Å². The monoisotopic (exact) mass is 579 g/mol. The van der Waals surface area contributed by atoms with E-state index in [1.807, 2.05) is 9.80 Å². The van der Waals surface area contributed by atoms with Crippen molar-refractivity contribution in [3.8, 4) is 28.8 Å². The highest BCUT2D eigenvalue weighted by Crippen LogP contribution is 2.44. The van der Waals surface area contributed by atoms with Crippen molar-refractivity contribution in [2.75, 3.05) is 44.2 Å². The number of alkyl halides is 4. The maximum Gasteiger partial charge on any atom is 0.418 e. The molecule has 1 aromatic carbocycles. The smallest absolute Gasteiger partial charge is 0.418 e. The molecule has 3 aliphatic heterocycles. The molecule has 0 bridgehead atoms. The van der Waals surface area contributed by atoms with Gasteiger partial charge in [0.2, 0.25) is 5.82 Å². The van der Waals surface area contributed by atoms with Gasteiger partial charge in [0.15, 0.2) is 17.2 Å². The minimum Gasteiger partial charge on any atom is -0.508 e. The number of nitrogens with one attached hydrogen (secondary N) is 1. The summed E-state index contributed by atoms with van der Waals surface area (Å²) in [6.07, 6.45) is -4.18. The zero-order valence-corrected chi connectivity index (χ0v) is 21.8. The van der Waals surface area contributed by atoms with Crippen molar-refractivity contribution in [2.24, 2.45) is 0 Å². The first-order valence-corrected chi connectivity index (χ1v) is 13.2. The second-order valence-corrected chi connectivity index (χ2v) is 10.6. The van der Waals surface area contributed by atoms with Crippen LogP contribution in [0.5, 0.6) is 5.75 Å². The van der Waals surface area contributed by atoms with E-state index in [-0.39, 0.29) is 29.1 Å². The molecule has 3 fully saturated rings. The molecule has 2 N–H and O–H groups in total. The second kappa shape index (κ2) is 9.94. The molecule has 3 saturated heterocycles. The normalized spacial score (nSPS) is 23.4. The van der Waals surface area contributed by atoms with E-state index >= 15 is 4.39 Å². The number of phenolic OH excluding ortho intramolecular Hbond substituents is 1. The highest BCUT2D eigenvalue weighted by atomic mass is 35.5. The largest absolute Gasteiger partial charge is 0.508 e. The number of phenols is 1. The zero-order valence-electron chi connectivity index (χ0n) is 21.0. The molecule has 0 radical (unpaired) electrons. The highest BCUT2D eigenvalue weighted by Gasteiger charge is 2.47. The molecule has 0 unspecified atom stereocenters. The second-order valence-electron chi connectivity index (χ2n) is 10.1. The van der Waals surface area contributed by atoms with Gasteiger partial charge in [0.1, 0.15) is 23.1 Å². The summed E-state index contributed by atoms with van der Waals surface area (Å²) in [5.74, 6) is 4.42. The third-order valence-electron chi connectivity index (χ3n) is 7.57. The molecule has 3 aromatic rings. The van der Waals surface area contributed by atoms with Crippen molar-refractivity contribution in [2.45, 2.75) is 37.1 Å². The Kier molecular flexibility index (Phi) is 6.67. The molecule has 0 aliphatic carbocycles. The molecule has 3 aliphatic rings. The van der Waals surface area contributed by atoms with Crippen molar-refractivity contribution in [1.82, 2.24) is 30.4 Å². The highest BCUT2D eigenvalue weighted by molar-refractivity contribution is 6.32. The SMILES string of the molecule is Oc1cc(Cl)c(C(F)(F)F)c(-c2nnc3c(N4CCNCC4)nc(C#C[C@@]45CCCN4C[C@H](F)C5)nc3c2F)c1. The Bertz CT molecular complexity index is 1550. The van der Waals surface area contributed by atoms with Crippen molar-refractivity contribution in [3.63, 3.8) is 0 Å². The topological polar surface area (TPSA) is 90.3 Å². The summed E-state index contributed by atoms with van der Waals surface area (Å²) in [7, 11) is 0.